The van der Waals surface area contributed by atoms with E-state index < -0.39 is 0 Å². The van der Waals surface area contributed by atoms with Crippen molar-refractivity contribution in [3.63, 3.8) is 0 Å². The van der Waals surface area contributed by atoms with Crippen molar-refractivity contribution in [2.24, 2.45) is 5.41 Å². The Morgan fingerprint density at radius 1 is 1.02 bits per heavy atom. The highest BCUT2D eigenvalue weighted by molar-refractivity contribution is 6.00. The van der Waals surface area contributed by atoms with Gasteiger partial charge >= 0.3 is 0 Å². The van der Waals surface area contributed by atoms with E-state index in [1.807, 2.05) is 37.3 Å². The van der Waals surface area contributed by atoms with Gasteiger partial charge in [-0.25, -0.2) is 4.39 Å². The minimum absolute atomic E-state index is 0.138. The highest BCUT2D eigenvalue weighted by atomic mass is 19.1. The molecule has 202 valence electrons. The topological polar surface area (TPSA) is 69.4 Å². The van der Waals surface area contributed by atoms with E-state index in [1.54, 1.807) is 12.3 Å². The molecule has 0 spiro atoms. The van der Waals surface area contributed by atoms with Crippen LogP contribution >= 0.6 is 0 Å². The maximum Gasteiger partial charge on any atom is 0.123 e. The van der Waals surface area contributed by atoms with Gasteiger partial charge in [0, 0.05) is 39.4 Å². The normalized spacial score (nSPS) is 12.7. The van der Waals surface area contributed by atoms with Crippen LogP contribution in [0.5, 0.6) is 0 Å². The Hall–Kier alpha value is -4.71. The number of hydrogen-bond donors (Lipinski definition) is 3. The fourth-order valence-corrected chi connectivity index (χ4v) is 4.98. The molecule has 0 aliphatic heterocycles. The lowest BCUT2D eigenvalue weighted by Gasteiger charge is -2.21. The molecule has 0 aliphatic rings. The molecule has 0 atom stereocenters. The Kier molecular flexibility index (Phi) is 7.26. The molecule has 3 N–H and O–H groups in total. The van der Waals surface area contributed by atoms with Crippen LogP contribution in [0, 0.1) is 11.2 Å². The summed E-state index contributed by atoms with van der Waals surface area (Å²) in [5.74, 6) is -0.292. The van der Waals surface area contributed by atoms with Gasteiger partial charge in [0.15, 0.2) is 0 Å². The molecular weight excluding hydrogens is 497 g/mol. The number of halogens is 1. The van der Waals surface area contributed by atoms with Gasteiger partial charge in [0.25, 0.3) is 0 Å². The number of nitrogens with one attached hydrogen (secondary N) is 3. The molecule has 0 aliphatic carbocycles. The Morgan fingerprint density at radius 2 is 1.82 bits per heavy atom. The van der Waals surface area contributed by atoms with Gasteiger partial charge in [-0.05, 0) is 78.4 Å². The standard InChI is InChI=1S/C34H34FN5/c1-7-22(17-26(8-2)37-21(3)20-34(4,5)6)23-12-13-30-27(18-23)33(40-39-30)31-19-28-29(38-31)14-15-36-32(28)24-10-9-11-25(35)16-24/h7-19,37-38H,2-3,20H2,1,4-6H3,(H,39,40)/b22-7+,26-17+. The summed E-state index contributed by atoms with van der Waals surface area (Å²) in [6, 6.07) is 16.7. The van der Waals surface area contributed by atoms with Crippen LogP contribution in [-0.2, 0) is 0 Å². The second kappa shape index (κ2) is 10.8. The Bertz CT molecular complexity index is 1790. The van der Waals surface area contributed by atoms with Gasteiger partial charge < -0.3 is 10.3 Å². The van der Waals surface area contributed by atoms with E-state index in [4.69, 9.17) is 0 Å². The number of rotatable bonds is 8. The molecule has 0 unspecified atom stereocenters. The SMILES string of the molecule is C=C/C(=C\C(=C/C)c1ccc2[nH]nc(-c3cc4c(-c5cccc(F)c5)nccc4[nH]3)c2c1)NC(=C)CC(C)(C)C. The number of nitrogens with zero attached hydrogens (tertiary/aromatic N) is 2. The van der Waals surface area contributed by atoms with Gasteiger partial charge in [-0.15, -0.1) is 0 Å². The molecule has 0 amide bonds. The van der Waals surface area contributed by atoms with Crippen LogP contribution in [0.2, 0.25) is 0 Å². The highest BCUT2D eigenvalue weighted by Gasteiger charge is 2.16. The maximum atomic E-state index is 13.9. The highest BCUT2D eigenvalue weighted by Crippen LogP contribution is 2.34. The van der Waals surface area contributed by atoms with Crippen molar-refractivity contribution in [2.75, 3.05) is 0 Å². The molecule has 0 fully saturated rings. The smallest absolute Gasteiger partial charge is 0.123 e. The fourth-order valence-electron chi connectivity index (χ4n) is 4.98. The van der Waals surface area contributed by atoms with Gasteiger partial charge in [-0.3, -0.25) is 10.1 Å². The lowest BCUT2D eigenvalue weighted by molar-refractivity contribution is 0.403. The minimum Gasteiger partial charge on any atom is -0.359 e. The summed E-state index contributed by atoms with van der Waals surface area (Å²) in [4.78, 5) is 8.03. The summed E-state index contributed by atoms with van der Waals surface area (Å²) in [6.45, 7) is 16.8. The molecule has 0 radical (unpaired) electrons. The predicted molar refractivity (Wildman–Crippen MR) is 165 cm³/mol. The first-order chi connectivity index (χ1) is 19.1. The number of hydrogen-bond acceptors (Lipinski definition) is 3. The van der Waals surface area contributed by atoms with Crippen LogP contribution in [0.1, 0.15) is 39.7 Å². The second-order valence-electron chi connectivity index (χ2n) is 11.2. The van der Waals surface area contributed by atoms with Crippen molar-refractivity contribution in [2.45, 2.75) is 34.1 Å². The number of aromatic amines is 2. The van der Waals surface area contributed by atoms with Gasteiger partial charge in [-0.1, -0.05) is 58.2 Å². The van der Waals surface area contributed by atoms with Crippen LogP contribution in [-0.4, -0.2) is 20.2 Å². The maximum absolute atomic E-state index is 13.9. The summed E-state index contributed by atoms with van der Waals surface area (Å²) in [6.07, 6.45) is 8.57. The first-order valence-electron chi connectivity index (χ1n) is 13.3. The van der Waals surface area contributed by atoms with Crippen molar-refractivity contribution >= 4 is 27.4 Å². The zero-order chi connectivity index (χ0) is 28.4. The number of fused-ring (bicyclic) bond motifs is 2. The third-order valence-electron chi connectivity index (χ3n) is 6.70. The zero-order valence-corrected chi connectivity index (χ0v) is 23.4. The van der Waals surface area contributed by atoms with E-state index in [9.17, 15) is 4.39 Å². The lowest BCUT2D eigenvalue weighted by atomic mass is 9.91. The number of allylic oxidation sites excluding steroid dienone is 5. The average Bonchev–Trinajstić information content (AvgIpc) is 3.53. The number of pyridine rings is 1. The third-order valence-corrected chi connectivity index (χ3v) is 6.70. The predicted octanol–water partition coefficient (Wildman–Crippen LogP) is 8.92. The fraction of sp³-hybridized carbons (Fsp3) is 0.176. The number of H-pyrrole nitrogens is 2. The molecule has 0 bridgehead atoms. The van der Waals surface area contributed by atoms with Crippen molar-refractivity contribution in [3.8, 4) is 22.6 Å². The van der Waals surface area contributed by atoms with E-state index in [-0.39, 0.29) is 11.2 Å². The van der Waals surface area contributed by atoms with E-state index in [0.717, 1.165) is 73.4 Å². The zero-order valence-electron chi connectivity index (χ0n) is 23.4. The molecule has 5 rings (SSSR count). The number of aromatic nitrogens is 4. The Labute approximate surface area is 234 Å². The molecular formula is C34H34FN5. The van der Waals surface area contributed by atoms with Crippen LogP contribution in [0.4, 0.5) is 4.39 Å². The largest absolute Gasteiger partial charge is 0.359 e. The molecule has 6 heteroatoms. The van der Waals surface area contributed by atoms with E-state index in [0.29, 0.717) is 0 Å². The summed E-state index contributed by atoms with van der Waals surface area (Å²) in [7, 11) is 0. The number of benzene rings is 2. The van der Waals surface area contributed by atoms with E-state index in [2.05, 4.69) is 83.7 Å². The molecule has 3 aromatic heterocycles. The lowest BCUT2D eigenvalue weighted by Crippen LogP contribution is -2.16. The molecule has 0 saturated heterocycles. The Morgan fingerprint density at radius 3 is 2.55 bits per heavy atom. The summed E-state index contributed by atoms with van der Waals surface area (Å²) >= 11 is 0. The summed E-state index contributed by atoms with van der Waals surface area (Å²) in [5.41, 5.74) is 9.03. The van der Waals surface area contributed by atoms with Crippen molar-refractivity contribution in [1.29, 1.82) is 0 Å². The molecule has 40 heavy (non-hydrogen) atoms. The van der Waals surface area contributed by atoms with Gasteiger partial charge in [0.1, 0.15) is 11.5 Å². The quantitative estimate of drug-likeness (QED) is 0.175. The molecule has 3 heterocycles. The monoisotopic (exact) mass is 531 g/mol. The van der Waals surface area contributed by atoms with Gasteiger partial charge in [-0.2, -0.15) is 5.10 Å². The van der Waals surface area contributed by atoms with Crippen LogP contribution in [0.15, 0.2) is 104 Å². The van der Waals surface area contributed by atoms with Crippen molar-refractivity contribution in [1.82, 2.24) is 25.5 Å². The Balaban J connectivity index is 1.52. The average molecular weight is 532 g/mol. The minimum atomic E-state index is -0.292. The molecule has 5 nitrogen and oxygen atoms in total. The second-order valence-corrected chi connectivity index (χ2v) is 11.2. The summed E-state index contributed by atoms with van der Waals surface area (Å²) < 4.78 is 13.9. The van der Waals surface area contributed by atoms with Gasteiger partial charge in [0.05, 0.1) is 16.9 Å². The third kappa shape index (κ3) is 5.66. The van der Waals surface area contributed by atoms with Crippen molar-refractivity contribution < 1.29 is 4.39 Å². The first kappa shape index (κ1) is 26.9. The van der Waals surface area contributed by atoms with Gasteiger partial charge in [0.2, 0.25) is 0 Å². The molecule has 2 aromatic carbocycles. The van der Waals surface area contributed by atoms with Crippen LogP contribution in [0.3, 0.4) is 0 Å². The summed E-state index contributed by atoms with van der Waals surface area (Å²) in [5, 5.41) is 13.1. The van der Waals surface area contributed by atoms with Crippen molar-refractivity contribution in [3.05, 3.63) is 115 Å². The van der Waals surface area contributed by atoms with Crippen LogP contribution < -0.4 is 5.32 Å². The van der Waals surface area contributed by atoms with E-state index in [1.165, 1.54) is 12.1 Å². The molecule has 5 aromatic rings. The first-order valence-corrected chi connectivity index (χ1v) is 13.3. The van der Waals surface area contributed by atoms with Crippen LogP contribution in [0.25, 0.3) is 50.0 Å². The molecule has 0 saturated carbocycles. The van der Waals surface area contributed by atoms with E-state index >= 15 is 0 Å².